The maximum atomic E-state index is 14.5. The molecule has 2 atom stereocenters. The summed E-state index contributed by atoms with van der Waals surface area (Å²) in [6.07, 6.45) is 0.757. The summed E-state index contributed by atoms with van der Waals surface area (Å²) in [6.45, 7) is 3.37. The number of rotatable bonds is 12. The van der Waals surface area contributed by atoms with Gasteiger partial charge in [0.2, 0.25) is 5.91 Å². The van der Waals surface area contributed by atoms with Crippen LogP contribution in [0.25, 0.3) is 0 Å². The number of carbonyl (C=O) groups is 3. The maximum Gasteiger partial charge on any atom is 0.407 e. The van der Waals surface area contributed by atoms with E-state index < -0.39 is 42.3 Å². The minimum Gasteiger partial charge on any atom is -0.480 e. The molecule has 2 amide bonds. The van der Waals surface area contributed by atoms with Crippen molar-refractivity contribution in [1.82, 2.24) is 10.6 Å². The average molecular weight is 471 g/mol. The minimum atomic E-state index is -1.17. The zero-order valence-electron chi connectivity index (χ0n) is 19.4. The van der Waals surface area contributed by atoms with Crippen LogP contribution < -0.4 is 10.6 Å². The Kier molecular flexibility index (Phi) is 10.8. The number of hydrogen-bond donors (Lipinski definition) is 3. The van der Waals surface area contributed by atoms with Crippen molar-refractivity contribution in [2.24, 2.45) is 11.8 Å². The average Bonchev–Trinajstić information content (AvgIpc) is 2.81. The molecule has 0 heterocycles. The number of amides is 2. The fourth-order valence-corrected chi connectivity index (χ4v) is 3.30. The van der Waals surface area contributed by atoms with Crippen LogP contribution in [0, 0.1) is 11.8 Å². The van der Waals surface area contributed by atoms with Crippen LogP contribution in [0.15, 0.2) is 72.6 Å². The van der Waals surface area contributed by atoms with Crippen LogP contribution in [0.4, 0.5) is 9.18 Å². The molecule has 7 nitrogen and oxygen atoms in total. The summed E-state index contributed by atoms with van der Waals surface area (Å²) < 4.78 is 19.6. The lowest BCUT2D eigenvalue weighted by Gasteiger charge is -2.20. The summed E-state index contributed by atoms with van der Waals surface area (Å²) in [6, 6.07) is 16.8. The molecule has 2 rings (SSSR count). The second kappa shape index (κ2) is 13.8. The monoisotopic (exact) mass is 470 g/mol. The second-order valence-corrected chi connectivity index (χ2v) is 8.35. The number of nitrogens with one attached hydrogen (secondary N) is 2. The molecule has 3 N–H and O–H groups in total. The maximum absolute atomic E-state index is 14.5. The van der Waals surface area contributed by atoms with E-state index in [1.165, 1.54) is 0 Å². The van der Waals surface area contributed by atoms with Gasteiger partial charge in [0.05, 0.1) is 12.5 Å². The Morgan fingerprint density at radius 3 is 2.15 bits per heavy atom. The topological polar surface area (TPSA) is 105 Å². The molecule has 0 spiro atoms. The van der Waals surface area contributed by atoms with Crippen molar-refractivity contribution in [3.63, 3.8) is 0 Å². The van der Waals surface area contributed by atoms with Gasteiger partial charge >= 0.3 is 12.1 Å². The quantitative estimate of drug-likeness (QED) is 0.430. The van der Waals surface area contributed by atoms with Crippen molar-refractivity contribution in [1.29, 1.82) is 0 Å². The lowest BCUT2D eigenvalue weighted by molar-refractivity contribution is -0.142. The fourth-order valence-electron chi connectivity index (χ4n) is 3.30. The Balaban J connectivity index is 1.95. The summed E-state index contributed by atoms with van der Waals surface area (Å²) in [5.74, 6) is -3.31. The molecule has 8 heteroatoms. The predicted molar refractivity (Wildman–Crippen MR) is 126 cm³/mol. The van der Waals surface area contributed by atoms with Crippen LogP contribution in [0.1, 0.15) is 31.4 Å². The van der Waals surface area contributed by atoms with Gasteiger partial charge in [0, 0.05) is 6.42 Å². The number of alkyl carbamates (subject to hydrolysis) is 1. The lowest BCUT2D eigenvalue weighted by atomic mass is 9.94. The molecule has 0 fully saturated rings. The molecule has 0 aliphatic carbocycles. The van der Waals surface area contributed by atoms with Crippen LogP contribution in [0.3, 0.4) is 0 Å². The van der Waals surface area contributed by atoms with Gasteiger partial charge in [-0.3, -0.25) is 4.79 Å². The third-order valence-electron chi connectivity index (χ3n) is 4.96. The molecule has 0 aliphatic heterocycles. The van der Waals surface area contributed by atoms with Crippen LogP contribution in [0.5, 0.6) is 0 Å². The summed E-state index contributed by atoms with van der Waals surface area (Å²) >= 11 is 0. The van der Waals surface area contributed by atoms with Crippen molar-refractivity contribution in [2.75, 3.05) is 6.54 Å². The van der Waals surface area contributed by atoms with E-state index in [0.717, 1.165) is 17.2 Å². The number of hydrogen-bond acceptors (Lipinski definition) is 4. The standard InChI is InChI=1S/C26H31FN2O5/c1-18(2)13-21(24(30)29-23(25(31)32)14-19-9-5-3-6-10-19)15-22(27)16-28-26(33)34-17-20-11-7-4-8-12-20/h3-12,15,18,21,23H,13-14,16-17H2,1-2H3,(H,28,33)(H,29,30)(H,31,32)/b22-15-/t21-,23+/m1/s1. The number of carbonyl (C=O) groups excluding carboxylic acids is 2. The molecule has 0 radical (unpaired) electrons. The van der Waals surface area contributed by atoms with Crippen molar-refractivity contribution in [3.8, 4) is 0 Å². The van der Waals surface area contributed by atoms with E-state index in [9.17, 15) is 23.9 Å². The molecule has 0 bridgehead atoms. The van der Waals surface area contributed by atoms with E-state index in [0.29, 0.717) is 6.42 Å². The Morgan fingerprint density at radius 1 is 1.00 bits per heavy atom. The van der Waals surface area contributed by atoms with Gasteiger partial charge in [-0.05, 0) is 29.5 Å². The largest absolute Gasteiger partial charge is 0.480 e. The zero-order valence-corrected chi connectivity index (χ0v) is 19.4. The van der Waals surface area contributed by atoms with E-state index in [4.69, 9.17) is 4.74 Å². The highest BCUT2D eigenvalue weighted by atomic mass is 19.1. The highest BCUT2D eigenvalue weighted by molar-refractivity contribution is 5.86. The molecule has 0 saturated carbocycles. The van der Waals surface area contributed by atoms with Gasteiger partial charge in [-0.15, -0.1) is 0 Å². The number of carboxylic acid groups (broad SMARTS) is 1. The molecule has 34 heavy (non-hydrogen) atoms. The smallest absolute Gasteiger partial charge is 0.407 e. The molecule has 0 aliphatic rings. The van der Waals surface area contributed by atoms with Crippen molar-refractivity contribution >= 4 is 18.0 Å². The van der Waals surface area contributed by atoms with Gasteiger partial charge in [0.1, 0.15) is 18.5 Å². The number of carboxylic acids is 1. The molecule has 0 saturated heterocycles. The highest BCUT2D eigenvalue weighted by Gasteiger charge is 2.25. The Labute approximate surface area is 199 Å². The van der Waals surface area contributed by atoms with Crippen molar-refractivity contribution in [2.45, 2.75) is 39.3 Å². The van der Waals surface area contributed by atoms with Crippen LogP contribution in [-0.2, 0) is 27.4 Å². The van der Waals surface area contributed by atoms with Crippen molar-refractivity contribution < 1.29 is 28.6 Å². The SMILES string of the molecule is CC(C)C[C@H](/C=C(\F)CNC(=O)OCc1ccccc1)C(=O)N[C@@H](Cc1ccccc1)C(=O)O. The molecule has 0 aromatic heterocycles. The fraction of sp³-hybridized carbons (Fsp3) is 0.346. The van der Waals surface area contributed by atoms with Crippen LogP contribution >= 0.6 is 0 Å². The number of benzene rings is 2. The predicted octanol–water partition coefficient (Wildman–Crippen LogP) is 4.24. The second-order valence-electron chi connectivity index (χ2n) is 8.35. The van der Waals surface area contributed by atoms with Gasteiger partial charge in [0.15, 0.2) is 0 Å². The summed E-state index contributed by atoms with van der Waals surface area (Å²) in [7, 11) is 0. The summed E-state index contributed by atoms with van der Waals surface area (Å²) in [5, 5.41) is 14.4. The van der Waals surface area contributed by atoms with Gasteiger partial charge in [0.25, 0.3) is 0 Å². The Hall–Kier alpha value is -3.68. The first-order chi connectivity index (χ1) is 16.2. The third kappa shape index (κ3) is 9.85. The number of ether oxygens (including phenoxy) is 1. The van der Waals surface area contributed by atoms with Crippen LogP contribution in [-0.4, -0.2) is 35.7 Å². The Morgan fingerprint density at radius 2 is 1.59 bits per heavy atom. The summed E-state index contributed by atoms with van der Waals surface area (Å²) in [5.41, 5.74) is 1.56. The van der Waals surface area contributed by atoms with Gasteiger partial charge in [-0.2, -0.15) is 0 Å². The zero-order chi connectivity index (χ0) is 24.9. The van der Waals surface area contributed by atoms with E-state index in [1.54, 1.807) is 36.4 Å². The van der Waals surface area contributed by atoms with Crippen molar-refractivity contribution in [3.05, 3.63) is 83.7 Å². The van der Waals surface area contributed by atoms with Gasteiger partial charge in [-0.25, -0.2) is 14.0 Å². The lowest BCUT2D eigenvalue weighted by Crippen LogP contribution is -2.45. The molecule has 2 aromatic carbocycles. The molecular weight excluding hydrogens is 439 g/mol. The number of aliphatic carboxylic acids is 1. The summed E-state index contributed by atoms with van der Waals surface area (Å²) in [4.78, 5) is 36.3. The normalized spacial score (nSPS) is 13.1. The first-order valence-corrected chi connectivity index (χ1v) is 11.1. The van der Waals surface area contributed by atoms with E-state index in [1.807, 2.05) is 38.1 Å². The first-order valence-electron chi connectivity index (χ1n) is 11.1. The molecule has 182 valence electrons. The van der Waals surface area contributed by atoms with E-state index in [-0.39, 0.29) is 18.9 Å². The molecular formula is C26H31FN2O5. The van der Waals surface area contributed by atoms with Gasteiger partial charge < -0.3 is 20.5 Å². The molecule has 2 aromatic rings. The first kappa shape index (κ1) is 26.6. The Bertz CT molecular complexity index is 964. The minimum absolute atomic E-state index is 0.0500. The molecule has 0 unspecified atom stereocenters. The highest BCUT2D eigenvalue weighted by Crippen LogP contribution is 2.17. The van der Waals surface area contributed by atoms with Gasteiger partial charge in [-0.1, -0.05) is 74.5 Å². The van der Waals surface area contributed by atoms with E-state index in [2.05, 4.69) is 10.6 Å². The third-order valence-corrected chi connectivity index (χ3v) is 4.96. The van der Waals surface area contributed by atoms with E-state index >= 15 is 0 Å². The van der Waals surface area contributed by atoms with Crippen LogP contribution in [0.2, 0.25) is 0 Å². The number of halogens is 1.